The number of carbonyl (C=O) groups is 1. The number of aromatic amines is 2. The number of halogens is 1. The van der Waals surface area contributed by atoms with E-state index >= 15 is 0 Å². The minimum Gasteiger partial charge on any atom is -0.316 e. The average molecular weight is 345 g/mol. The van der Waals surface area contributed by atoms with E-state index in [2.05, 4.69) is 25.9 Å². The summed E-state index contributed by atoms with van der Waals surface area (Å²) in [6.07, 6.45) is 0. The van der Waals surface area contributed by atoms with E-state index in [1.807, 2.05) is 0 Å². The maximum atomic E-state index is 12.4. The van der Waals surface area contributed by atoms with Crippen LogP contribution in [0.15, 0.2) is 56.5 Å². The summed E-state index contributed by atoms with van der Waals surface area (Å²) in [5.74, 6) is -0.156. The van der Waals surface area contributed by atoms with Gasteiger partial charge >= 0.3 is 11.1 Å². The topological polar surface area (TPSA) is 82.8 Å². The van der Waals surface area contributed by atoms with E-state index in [9.17, 15) is 14.4 Å². The lowest BCUT2D eigenvalue weighted by Crippen LogP contribution is -2.28. The summed E-state index contributed by atoms with van der Waals surface area (Å²) in [6, 6.07) is 11.8. The van der Waals surface area contributed by atoms with Crippen molar-refractivity contribution in [1.82, 2.24) is 9.97 Å². The van der Waals surface area contributed by atoms with Crippen LogP contribution < -0.4 is 11.1 Å². The lowest BCUT2D eigenvalue weighted by molar-refractivity contribution is 0.103. The van der Waals surface area contributed by atoms with Gasteiger partial charge in [0.1, 0.15) is 0 Å². The Morgan fingerprint density at radius 3 is 2.05 bits per heavy atom. The van der Waals surface area contributed by atoms with E-state index in [1.165, 1.54) is 0 Å². The molecule has 0 unspecified atom stereocenters. The highest BCUT2D eigenvalue weighted by Gasteiger charge is 2.10. The van der Waals surface area contributed by atoms with Crippen LogP contribution in [-0.2, 0) is 0 Å². The van der Waals surface area contributed by atoms with Gasteiger partial charge in [-0.2, -0.15) is 0 Å². The van der Waals surface area contributed by atoms with Gasteiger partial charge in [0.15, 0.2) is 5.78 Å². The van der Waals surface area contributed by atoms with E-state index in [1.54, 1.807) is 42.5 Å². The van der Waals surface area contributed by atoms with Crippen molar-refractivity contribution < 1.29 is 4.79 Å². The lowest BCUT2D eigenvalue weighted by atomic mass is 10.0. The van der Waals surface area contributed by atoms with Crippen molar-refractivity contribution in [2.75, 3.05) is 0 Å². The number of H-pyrrole nitrogens is 2. The molecule has 104 valence electrons. The highest BCUT2D eigenvalue weighted by Crippen LogP contribution is 2.16. The predicted molar refractivity (Wildman–Crippen MR) is 82.8 cm³/mol. The van der Waals surface area contributed by atoms with Gasteiger partial charge in [0, 0.05) is 15.6 Å². The SMILES string of the molecule is O=C(c1ccc(Br)cc1)c1ccc2[nH]c(=O)c(=O)[nH]c2c1. The maximum absolute atomic E-state index is 12.4. The molecule has 2 aromatic carbocycles. The molecule has 0 saturated heterocycles. The first kappa shape index (κ1) is 13.5. The number of hydrogen-bond donors (Lipinski definition) is 2. The van der Waals surface area contributed by atoms with Crippen molar-refractivity contribution >= 4 is 32.7 Å². The number of benzene rings is 2. The summed E-state index contributed by atoms with van der Waals surface area (Å²) in [5, 5.41) is 0. The quantitative estimate of drug-likeness (QED) is 0.552. The van der Waals surface area contributed by atoms with E-state index in [-0.39, 0.29) is 5.78 Å². The van der Waals surface area contributed by atoms with Crippen LogP contribution in [0.3, 0.4) is 0 Å². The largest absolute Gasteiger partial charge is 0.316 e. The fourth-order valence-electron chi connectivity index (χ4n) is 2.02. The summed E-state index contributed by atoms with van der Waals surface area (Å²) in [7, 11) is 0. The zero-order chi connectivity index (χ0) is 15.0. The molecule has 0 bridgehead atoms. The van der Waals surface area contributed by atoms with Gasteiger partial charge in [-0.15, -0.1) is 0 Å². The Balaban J connectivity index is 2.10. The van der Waals surface area contributed by atoms with Gasteiger partial charge in [-0.1, -0.05) is 15.9 Å². The monoisotopic (exact) mass is 344 g/mol. The number of ketones is 1. The smallest absolute Gasteiger partial charge is 0.314 e. The van der Waals surface area contributed by atoms with Crippen molar-refractivity contribution in [2.45, 2.75) is 0 Å². The molecule has 0 spiro atoms. The van der Waals surface area contributed by atoms with Crippen molar-refractivity contribution in [2.24, 2.45) is 0 Å². The molecule has 0 radical (unpaired) electrons. The number of nitrogens with one attached hydrogen (secondary N) is 2. The van der Waals surface area contributed by atoms with Crippen LogP contribution in [0.2, 0.25) is 0 Å². The molecular formula is C15H9BrN2O3. The summed E-state index contributed by atoms with van der Waals surface area (Å²) in [6.45, 7) is 0. The molecule has 0 aliphatic heterocycles. The standard InChI is InChI=1S/C15H9BrN2O3/c16-10-4-1-8(2-5-10)13(19)9-3-6-11-12(7-9)18-15(21)14(20)17-11/h1-7H,(H,17,20)(H,18,21). The minimum atomic E-state index is -0.740. The molecule has 3 rings (SSSR count). The summed E-state index contributed by atoms with van der Waals surface area (Å²) in [4.78, 5) is 39.8. The number of rotatable bonds is 2. The predicted octanol–water partition coefficient (Wildman–Crippen LogP) is 2.21. The molecule has 0 aliphatic carbocycles. The Labute approximate surface area is 126 Å². The molecule has 21 heavy (non-hydrogen) atoms. The molecule has 3 aromatic rings. The minimum absolute atomic E-state index is 0.156. The molecular weight excluding hydrogens is 336 g/mol. The van der Waals surface area contributed by atoms with Crippen LogP contribution in [0.25, 0.3) is 11.0 Å². The first-order valence-corrected chi connectivity index (χ1v) is 6.90. The number of aromatic nitrogens is 2. The molecule has 1 heterocycles. The van der Waals surface area contributed by atoms with Crippen molar-refractivity contribution in [3.8, 4) is 0 Å². The third kappa shape index (κ3) is 2.57. The first-order chi connectivity index (χ1) is 10.0. The average Bonchev–Trinajstić information content (AvgIpc) is 2.48. The van der Waals surface area contributed by atoms with Gasteiger partial charge in [-0.05, 0) is 42.5 Å². The van der Waals surface area contributed by atoms with Crippen molar-refractivity contribution in [3.63, 3.8) is 0 Å². The van der Waals surface area contributed by atoms with Crippen LogP contribution >= 0.6 is 15.9 Å². The van der Waals surface area contributed by atoms with E-state index in [0.29, 0.717) is 22.2 Å². The second-order valence-corrected chi connectivity index (χ2v) is 5.42. The van der Waals surface area contributed by atoms with Crippen molar-refractivity contribution in [1.29, 1.82) is 0 Å². The molecule has 2 N–H and O–H groups in total. The Bertz CT molecular complexity index is 955. The third-order valence-electron chi connectivity index (χ3n) is 3.09. The van der Waals surface area contributed by atoms with Gasteiger partial charge in [-0.3, -0.25) is 14.4 Å². The third-order valence-corrected chi connectivity index (χ3v) is 3.62. The van der Waals surface area contributed by atoms with Crippen LogP contribution in [0.4, 0.5) is 0 Å². The van der Waals surface area contributed by atoms with Gasteiger partial charge < -0.3 is 9.97 Å². The van der Waals surface area contributed by atoms with Gasteiger partial charge in [0.25, 0.3) is 0 Å². The molecule has 0 fully saturated rings. The molecule has 0 aliphatic rings. The Morgan fingerprint density at radius 1 is 0.810 bits per heavy atom. The molecule has 0 amide bonds. The number of carbonyl (C=O) groups excluding carboxylic acids is 1. The van der Waals surface area contributed by atoms with Gasteiger partial charge in [-0.25, -0.2) is 0 Å². The number of hydrogen-bond acceptors (Lipinski definition) is 3. The molecule has 1 aromatic heterocycles. The fourth-order valence-corrected chi connectivity index (χ4v) is 2.29. The summed E-state index contributed by atoms with van der Waals surface area (Å²) >= 11 is 3.31. The second-order valence-electron chi connectivity index (χ2n) is 4.50. The van der Waals surface area contributed by atoms with Crippen LogP contribution in [0.1, 0.15) is 15.9 Å². The van der Waals surface area contributed by atoms with Crippen LogP contribution in [0, 0.1) is 0 Å². The Hall–Kier alpha value is -2.47. The lowest BCUT2D eigenvalue weighted by Gasteiger charge is -2.03. The Morgan fingerprint density at radius 2 is 1.38 bits per heavy atom. The summed E-state index contributed by atoms with van der Waals surface area (Å²) in [5.41, 5.74) is 0.427. The zero-order valence-corrected chi connectivity index (χ0v) is 12.2. The molecule has 5 nitrogen and oxygen atoms in total. The number of fused-ring (bicyclic) bond motifs is 1. The molecule has 6 heteroatoms. The second kappa shape index (κ2) is 5.14. The van der Waals surface area contributed by atoms with E-state index in [0.717, 1.165) is 4.47 Å². The normalized spacial score (nSPS) is 10.7. The molecule has 0 atom stereocenters. The summed E-state index contributed by atoms with van der Waals surface area (Å²) < 4.78 is 0.888. The highest BCUT2D eigenvalue weighted by molar-refractivity contribution is 9.10. The molecule has 0 saturated carbocycles. The van der Waals surface area contributed by atoms with E-state index < -0.39 is 11.1 Å². The van der Waals surface area contributed by atoms with Crippen LogP contribution in [0.5, 0.6) is 0 Å². The Kier molecular flexibility index (Phi) is 3.31. The zero-order valence-electron chi connectivity index (χ0n) is 10.6. The van der Waals surface area contributed by atoms with Gasteiger partial charge in [0.05, 0.1) is 11.0 Å². The fraction of sp³-hybridized carbons (Fsp3) is 0. The van der Waals surface area contributed by atoms with E-state index in [4.69, 9.17) is 0 Å². The van der Waals surface area contributed by atoms with Crippen LogP contribution in [-0.4, -0.2) is 15.8 Å². The maximum Gasteiger partial charge on any atom is 0.314 e. The highest BCUT2D eigenvalue weighted by atomic mass is 79.9. The van der Waals surface area contributed by atoms with Gasteiger partial charge in [0.2, 0.25) is 0 Å². The first-order valence-electron chi connectivity index (χ1n) is 6.11. The van der Waals surface area contributed by atoms with Crippen molar-refractivity contribution in [3.05, 3.63) is 78.8 Å².